The Labute approximate surface area is 166 Å². The zero-order valence-electron chi connectivity index (χ0n) is 16.4. The predicted molar refractivity (Wildman–Crippen MR) is 108 cm³/mol. The number of carbonyl (C=O) groups excluding carboxylic acids is 1. The van der Waals surface area contributed by atoms with E-state index in [1.807, 2.05) is 18.2 Å². The van der Waals surface area contributed by atoms with E-state index in [1.165, 1.54) is 5.56 Å². The summed E-state index contributed by atoms with van der Waals surface area (Å²) >= 11 is 6.53. The Morgan fingerprint density at radius 2 is 2.04 bits per heavy atom. The van der Waals surface area contributed by atoms with E-state index in [9.17, 15) is 10.1 Å². The van der Waals surface area contributed by atoms with Crippen LogP contribution in [0.3, 0.4) is 0 Å². The summed E-state index contributed by atoms with van der Waals surface area (Å²) in [6.45, 7) is 8.68. The van der Waals surface area contributed by atoms with E-state index in [-0.39, 0.29) is 17.0 Å². The average molecular weight is 388 g/mol. The molecule has 0 unspecified atom stereocenters. The topological polar surface area (TPSA) is 56.6 Å². The number of carbonyl (C=O) groups is 1. The first kappa shape index (κ1) is 19.7. The van der Waals surface area contributed by atoms with Crippen LogP contribution in [0.1, 0.15) is 44.2 Å². The van der Waals surface area contributed by atoms with Crippen LogP contribution in [0, 0.1) is 11.3 Å². The van der Waals surface area contributed by atoms with Crippen LogP contribution in [-0.4, -0.2) is 49.7 Å². The van der Waals surface area contributed by atoms with Crippen LogP contribution in [0.2, 0.25) is 5.02 Å². The van der Waals surface area contributed by atoms with Gasteiger partial charge in [0.2, 0.25) is 0 Å². The van der Waals surface area contributed by atoms with Crippen molar-refractivity contribution in [2.45, 2.75) is 38.6 Å². The van der Waals surface area contributed by atoms with Crippen LogP contribution in [0.4, 0.5) is 5.69 Å². The second-order valence-electron chi connectivity index (χ2n) is 7.98. The zero-order valence-corrected chi connectivity index (χ0v) is 17.1. The van der Waals surface area contributed by atoms with E-state index in [4.69, 9.17) is 16.3 Å². The van der Waals surface area contributed by atoms with Gasteiger partial charge in [0.15, 0.2) is 0 Å². The molecule has 2 aliphatic rings. The van der Waals surface area contributed by atoms with Crippen molar-refractivity contribution < 1.29 is 9.53 Å². The third-order valence-corrected chi connectivity index (χ3v) is 6.03. The Bertz CT molecular complexity index is 819. The van der Waals surface area contributed by atoms with Gasteiger partial charge in [0, 0.05) is 36.4 Å². The van der Waals surface area contributed by atoms with Gasteiger partial charge in [-0.1, -0.05) is 18.5 Å². The lowest BCUT2D eigenvalue weighted by Crippen LogP contribution is -2.45. The number of amides is 1. The number of ether oxygens (including phenoxy) is 1. The number of nitriles is 1. The molecule has 1 aromatic rings. The fourth-order valence-corrected chi connectivity index (χ4v) is 4.16. The Morgan fingerprint density at radius 1 is 1.37 bits per heavy atom. The average Bonchev–Trinajstić information content (AvgIpc) is 2.65. The molecule has 0 aliphatic carbocycles. The van der Waals surface area contributed by atoms with Crippen molar-refractivity contribution in [3.63, 3.8) is 0 Å². The molecule has 1 atom stereocenters. The van der Waals surface area contributed by atoms with Crippen molar-refractivity contribution in [1.82, 2.24) is 4.90 Å². The van der Waals surface area contributed by atoms with Crippen LogP contribution >= 0.6 is 11.6 Å². The molecule has 3 rings (SSSR count). The van der Waals surface area contributed by atoms with Gasteiger partial charge in [-0.05, 0) is 55.5 Å². The molecule has 0 aromatic heterocycles. The molecule has 6 heteroatoms. The van der Waals surface area contributed by atoms with Crippen molar-refractivity contribution in [1.29, 1.82) is 5.26 Å². The summed E-state index contributed by atoms with van der Waals surface area (Å²) in [6.07, 6.45) is 2.64. The summed E-state index contributed by atoms with van der Waals surface area (Å²) in [4.78, 5) is 16.6. The quantitative estimate of drug-likeness (QED) is 0.571. The molecule has 5 nitrogen and oxygen atoms in total. The third-order valence-electron chi connectivity index (χ3n) is 5.70. The first-order valence-electron chi connectivity index (χ1n) is 9.30. The smallest absolute Gasteiger partial charge is 0.264 e. The lowest BCUT2D eigenvalue weighted by Gasteiger charge is -2.45. The first-order chi connectivity index (χ1) is 12.7. The van der Waals surface area contributed by atoms with E-state index in [0.717, 1.165) is 12.1 Å². The van der Waals surface area contributed by atoms with Gasteiger partial charge in [-0.15, -0.1) is 0 Å². The van der Waals surface area contributed by atoms with Gasteiger partial charge >= 0.3 is 0 Å². The number of hydrogen-bond acceptors (Lipinski definition) is 4. The molecule has 1 saturated heterocycles. The molecule has 1 aromatic carbocycles. The molecule has 0 N–H and O–H groups in total. The van der Waals surface area contributed by atoms with Gasteiger partial charge in [0.05, 0.1) is 13.2 Å². The van der Waals surface area contributed by atoms with Crippen LogP contribution in [0.25, 0.3) is 6.08 Å². The Balaban J connectivity index is 1.97. The molecule has 0 saturated carbocycles. The fraction of sp³-hybridized carbons (Fsp3) is 0.524. The number of morpholine rings is 1. The second-order valence-corrected chi connectivity index (χ2v) is 8.39. The minimum Gasteiger partial charge on any atom is -0.378 e. The Morgan fingerprint density at radius 3 is 2.67 bits per heavy atom. The summed E-state index contributed by atoms with van der Waals surface area (Å²) in [5, 5.41) is 10.1. The number of benzene rings is 1. The van der Waals surface area contributed by atoms with Gasteiger partial charge in [-0.25, -0.2) is 0 Å². The number of hydrogen-bond donors (Lipinski definition) is 0. The van der Waals surface area contributed by atoms with Gasteiger partial charge < -0.3 is 14.5 Å². The number of halogens is 1. The van der Waals surface area contributed by atoms with Gasteiger partial charge in [0.1, 0.15) is 11.6 Å². The molecule has 1 amide bonds. The highest BCUT2D eigenvalue weighted by molar-refractivity contribution is 6.32. The maximum absolute atomic E-state index is 12.7. The van der Waals surface area contributed by atoms with Gasteiger partial charge in [-0.3, -0.25) is 4.79 Å². The fourth-order valence-electron chi connectivity index (χ4n) is 3.95. The molecule has 1 fully saturated rings. The lowest BCUT2D eigenvalue weighted by molar-refractivity contribution is -0.130. The van der Waals surface area contributed by atoms with Gasteiger partial charge in [0.25, 0.3) is 5.91 Å². The number of nitrogens with zero attached hydrogens (tertiary/aromatic N) is 3. The minimum atomic E-state index is -0.263. The summed E-state index contributed by atoms with van der Waals surface area (Å²) < 4.78 is 5.28. The normalized spacial score (nSPS) is 22.2. The van der Waals surface area contributed by atoms with E-state index in [2.05, 4.69) is 32.7 Å². The predicted octanol–water partition coefficient (Wildman–Crippen LogP) is 3.83. The van der Waals surface area contributed by atoms with Crippen LogP contribution in [0.5, 0.6) is 0 Å². The van der Waals surface area contributed by atoms with Crippen LogP contribution in [0.15, 0.2) is 17.7 Å². The van der Waals surface area contributed by atoms with E-state index in [0.29, 0.717) is 42.8 Å². The van der Waals surface area contributed by atoms with Crippen molar-refractivity contribution in [3.8, 4) is 6.07 Å². The number of anilines is 1. The highest BCUT2D eigenvalue weighted by atomic mass is 35.5. The van der Waals surface area contributed by atoms with Crippen molar-refractivity contribution in [3.05, 3.63) is 33.9 Å². The number of fused-ring (bicyclic) bond motifs is 1. The monoisotopic (exact) mass is 387 g/mol. The molecule has 144 valence electrons. The highest BCUT2D eigenvalue weighted by Gasteiger charge is 2.34. The maximum atomic E-state index is 12.7. The molecule has 0 radical (unpaired) electrons. The van der Waals surface area contributed by atoms with Crippen molar-refractivity contribution in [2.24, 2.45) is 0 Å². The molecular formula is C21H26ClN3O2. The molecule has 0 bridgehead atoms. The SMILES string of the molecule is C[C@H]1CC(C)(C)N(C)c2cc(Cl)c(/C=C(/C#N)C(=O)N3CCOCC3)cc21. The summed E-state index contributed by atoms with van der Waals surface area (Å²) in [7, 11) is 2.08. The summed E-state index contributed by atoms with van der Waals surface area (Å²) in [5.74, 6) is 0.108. The second kappa shape index (κ2) is 7.53. The minimum absolute atomic E-state index is 0.0528. The van der Waals surface area contributed by atoms with Crippen LogP contribution in [-0.2, 0) is 9.53 Å². The molecule has 2 aliphatic heterocycles. The molecule has 27 heavy (non-hydrogen) atoms. The molecule has 2 heterocycles. The molecule has 0 spiro atoms. The Hall–Kier alpha value is -2.03. The standard InChI is InChI=1S/C21H26ClN3O2/c1-14-12-21(2,3)24(4)19-11-18(22)15(10-17(14)19)9-16(13-23)20(26)25-5-7-27-8-6-25/h9-11,14H,5-8,12H2,1-4H3/b16-9-/t14-/m0/s1. The van der Waals surface area contributed by atoms with E-state index >= 15 is 0 Å². The largest absolute Gasteiger partial charge is 0.378 e. The number of rotatable bonds is 2. The van der Waals surface area contributed by atoms with Crippen molar-refractivity contribution in [2.75, 3.05) is 38.3 Å². The van der Waals surface area contributed by atoms with E-state index < -0.39 is 0 Å². The summed E-state index contributed by atoms with van der Waals surface area (Å²) in [5.41, 5.74) is 3.18. The van der Waals surface area contributed by atoms with Crippen LogP contribution < -0.4 is 4.90 Å². The van der Waals surface area contributed by atoms with Crippen molar-refractivity contribution >= 4 is 29.3 Å². The Kier molecular flexibility index (Phi) is 5.50. The van der Waals surface area contributed by atoms with Gasteiger partial charge in [-0.2, -0.15) is 5.26 Å². The highest BCUT2D eigenvalue weighted by Crippen LogP contribution is 2.44. The summed E-state index contributed by atoms with van der Waals surface area (Å²) in [6, 6.07) is 6.03. The lowest BCUT2D eigenvalue weighted by atomic mass is 9.80. The third kappa shape index (κ3) is 3.83. The molecular weight excluding hydrogens is 362 g/mol. The van der Waals surface area contributed by atoms with E-state index in [1.54, 1.807) is 11.0 Å². The first-order valence-corrected chi connectivity index (χ1v) is 9.68. The maximum Gasteiger partial charge on any atom is 0.264 e. The zero-order chi connectivity index (χ0) is 19.8.